The van der Waals surface area contributed by atoms with Crippen LogP contribution in [0.25, 0.3) is 0 Å². The number of amides is 3. The second-order valence-corrected chi connectivity index (χ2v) is 7.85. The maximum atomic E-state index is 13.1. The van der Waals surface area contributed by atoms with Gasteiger partial charge in [-0.3, -0.25) is 4.79 Å². The lowest BCUT2D eigenvalue weighted by molar-refractivity contribution is -0.140. The van der Waals surface area contributed by atoms with Gasteiger partial charge >= 0.3 is 12.0 Å². The molecule has 0 aromatic heterocycles. The summed E-state index contributed by atoms with van der Waals surface area (Å²) in [4.78, 5) is 37.4. The molecule has 3 amide bonds. The first-order chi connectivity index (χ1) is 15.6. The number of hydrogen-bond donors (Lipinski definition) is 4. The van der Waals surface area contributed by atoms with Crippen molar-refractivity contribution in [3.8, 4) is 11.5 Å². The van der Waals surface area contributed by atoms with Crippen LogP contribution in [0.1, 0.15) is 36.2 Å². The van der Waals surface area contributed by atoms with Crippen LogP contribution in [-0.4, -0.2) is 43.3 Å². The van der Waals surface area contributed by atoms with Gasteiger partial charge < -0.3 is 30.5 Å². The summed E-state index contributed by atoms with van der Waals surface area (Å²) in [5, 5.41) is 17.7. The molecule has 9 nitrogen and oxygen atoms in total. The Bertz CT molecular complexity index is 1020. The number of ether oxygens (including phenoxy) is 2. The van der Waals surface area contributed by atoms with E-state index in [2.05, 4.69) is 16.0 Å². The Kier molecular flexibility index (Phi) is 8.93. The number of halogens is 1. The summed E-state index contributed by atoms with van der Waals surface area (Å²) < 4.78 is 10.5. The summed E-state index contributed by atoms with van der Waals surface area (Å²) in [6.45, 7) is 5.35. The van der Waals surface area contributed by atoms with Crippen molar-refractivity contribution in [2.45, 2.75) is 33.2 Å². The minimum atomic E-state index is -1.15. The van der Waals surface area contributed by atoms with E-state index in [9.17, 15) is 19.5 Å². The predicted octanol–water partition coefficient (Wildman–Crippen LogP) is 4.54. The third-order valence-electron chi connectivity index (χ3n) is 5.24. The van der Waals surface area contributed by atoms with E-state index in [0.29, 0.717) is 17.1 Å². The highest BCUT2D eigenvalue weighted by molar-refractivity contribution is 6.34. The average molecular weight is 478 g/mol. The zero-order valence-corrected chi connectivity index (χ0v) is 19.9. The summed E-state index contributed by atoms with van der Waals surface area (Å²) >= 11 is 6.18. The number of urea groups is 1. The van der Waals surface area contributed by atoms with Gasteiger partial charge in [0, 0.05) is 6.07 Å². The van der Waals surface area contributed by atoms with Crippen LogP contribution < -0.4 is 25.4 Å². The molecular formula is C23H28ClN3O6. The van der Waals surface area contributed by atoms with Crippen molar-refractivity contribution in [2.75, 3.05) is 24.9 Å². The zero-order valence-electron chi connectivity index (χ0n) is 19.1. The number of aliphatic carboxylic acids is 1. The van der Waals surface area contributed by atoms with Crippen molar-refractivity contribution in [2.24, 2.45) is 5.92 Å². The van der Waals surface area contributed by atoms with E-state index >= 15 is 0 Å². The van der Waals surface area contributed by atoms with Crippen LogP contribution in [0.15, 0.2) is 30.3 Å². The Hall–Kier alpha value is -3.46. The van der Waals surface area contributed by atoms with Gasteiger partial charge in [-0.2, -0.15) is 0 Å². The Morgan fingerprint density at radius 3 is 2.27 bits per heavy atom. The zero-order chi connectivity index (χ0) is 24.7. The van der Waals surface area contributed by atoms with E-state index in [1.165, 1.54) is 26.4 Å². The Morgan fingerprint density at radius 2 is 1.73 bits per heavy atom. The summed E-state index contributed by atoms with van der Waals surface area (Å²) in [5.41, 5.74) is 1.28. The van der Waals surface area contributed by atoms with Gasteiger partial charge in [-0.1, -0.05) is 44.0 Å². The van der Waals surface area contributed by atoms with Crippen LogP contribution in [0.2, 0.25) is 5.02 Å². The van der Waals surface area contributed by atoms with Crippen molar-refractivity contribution in [3.63, 3.8) is 0 Å². The van der Waals surface area contributed by atoms with Crippen molar-refractivity contribution in [3.05, 3.63) is 46.5 Å². The minimum absolute atomic E-state index is 0.00762. The molecule has 0 heterocycles. The number of hydrogen-bond acceptors (Lipinski definition) is 5. The highest BCUT2D eigenvalue weighted by Crippen LogP contribution is 2.34. The highest BCUT2D eigenvalue weighted by Gasteiger charge is 2.28. The number of anilines is 2. The molecule has 178 valence electrons. The van der Waals surface area contributed by atoms with E-state index in [0.717, 1.165) is 5.56 Å². The van der Waals surface area contributed by atoms with Crippen LogP contribution in [0, 0.1) is 12.8 Å². The largest absolute Gasteiger partial charge is 0.493 e. The van der Waals surface area contributed by atoms with Gasteiger partial charge in [0.2, 0.25) is 0 Å². The number of methoxy groups -OCH3 is 2. The molecule has 1 unspecified atom stereocenters. The van der Waals surface area contributed by atoms with Crippen molar-refractivity contribution in [1.29, 1.82) is 0 Å². The third-order valence-corrected chi connectivity index (χ3v) is 5.56. The van der Waals surface area contributed by atoms with Crippen molar-refractivity contribution < 1.29 is 29.0 Å². The number of carbonyl (C=O) groups is 3. The first-order valence-corrected chi connectivity index (χ1v) is 10.6. The van der Waals surface area contributed by atoms with E-state index in [4.69, 9.17) is 21.1 Å². The number of carboxylic acids is 1. The third kappa shape index (κ3) is 6.29. The van der Waals surface area contributed by atoms with E-state index < -0.39 is 23.9 Å². The molecule has 4 N–H and O–H groups in total. The molecule has 0 fully saturated rings. The fourth-order valence-electron chi connectivity index (χ4n) is 3.13. The molecule has 2 aromatic rings. The van der Waals surface area contributed by atoms with Crippen LogP contribution in [0.3, 0.4) is 0 Å². The van der Waals surface area contributed by atoms with Gasteiger partial charge in [0.25, 0.3) is 5.91 Å². The number of carbonyl (C=O) groups excluding carboxylic acids is 2. The molecule has 0 saturated heterocycles. The van der Waals surface area contributed by atoms with Gasteiger partial charge in [-0.05, 0) is 30.5 Å². The molecule has 0 radical (unpaired) electrons. The van der Waals surface area contributed by atoms with Crippen LogP contribution >= 0.6 is 11.6 Å². The summed E-state index contributed by atoms with van der Waals surface area (Å²) in [6, 6.07) is 6.23. The maximum Gasteiger partial charge on any atom is 0.326 e. The number of carboxylic acid groups (broad SMARTS) is 1. The van der Waals surface area contributed by atoms with Gasteiger partial charge in [0.15, 0.2) is 11.5 Å². The SMILES string of the molecule is CCC(C)[C@H](NC(=O)c1cc(OC)c(OC)cc1NC(=O)Nc1c(C)cccc1Cl)C(=O)O. The Morgan fingerprint density at radius 1 is 1.09 bits per heavy atom. The monoisotopic (exact) mass is 477 g/mol. The predicted molar refractivity (Wildman–Crippen MR) is 127 cm³/mol. The second kappa shape index (κ2) is 11.4. The minimum Gasteiger partial charge on any atom is -0.493 e. The summed E-state index contributed by atoms with van der Waals surface area (Å²) in [5.74, 6) is -1.64. The van der Waals surface area contributed by atoms with Crippen molar-refractivity contribution >= 4 is 40.9 Å². The quantitative estimate of drug-likeness (QED) is 0.420. The Labute approximate surface area is 197 Å². The summed E-state index contributed by atoms with van der Waals surface area (Å²) in [6.07, 6.45) is 0.549. The number of para-hydroxylation sites is 1. The van der Waals surface area contributed by atoms with Crippen LogP contribution in [0.4, 0.5) is 16.2 Å². The molecule has 0 aliphatic heterocycles. The topological polar surface area (TPSA) is 126 Å². The second-order valence-electron chi connectivity index (χ2n) is 7.44. The molecule has 33 heavy (non-hydrogen) atoms. The van der Waals surface area contributed by atoms with Crippen molar-refractivity contribution in [1.82, 2.24) is 5.32 Å². The molecular weight excluding hydrogens is 450 g/mol. The van der Waals surface area contributed by atoms with Crippen LogP contribution in [0.5, 0.6) is 11.5 Å². The molecule has 2 atom stereocenters. The molecule has 0 aliphatic carbocycles. The molecule has 0 spiro atoms. The fourth-order valence-corrected chi connectivity index (χ4v) is 3.40. The van der Waals surface area contributed by atoms with Crippen LogP contribution in [-0.2, 0) is 4.79 Å². The normalized spacial score (nSPS) is 12.3. The van der Waals surface area contributed by atoms with Gasteiger partial charge in [0.1, 0.15) is 6.04 Å². The molecule has 2 rings (SSSR count). The first kappa shape index (κ1) is 25.8. The Balaban J connectivity index is 2.41. The lowest BCUT2D eigenvalue weighted by atomic mass is 9.98. The van der Waals surface area contributed by atoms with Gasteiger partial charge in [-0.15, -0.1) is 0 Å². The van der Waals surface area contributed by atoms with E-state index in [1.54, 1.807) is 32.0 Å². The van der Waals surface area contributed by atoms with E-state index in [1.807, 2.05) is 6.92 Å². The standard InChI is InChI=1S/C23H28ClN3O6/c1-6-12(2)20(22(29)30)26-21(28)14-10-17(32-4)18(33-5)11-16(14)25-23(31)27-19-13(3)8-7-9-15(19)24/h7-12,20H,6H2,1-5H3,(H,26,28)(H,29,30)(H2,25,27,31)/t12?,20-/m0/s1. The lowest BCUT2D eigenvalue weighted by Crippen LogP contribution is -2.45. The van der Waals surface area contributed by atoms with E-state index in [-0.39, 0.29) is 28.7 Å². The highest BCUT2D eigenvalue weighted by atomic mass is 35.5. The summed E-state index contributed by atoms with van der Waals surface area (Å²) in [7, 11) is 2.82. The molecule has 0 saturated carbocycles. The molecule has 2 aromatic carbocycles. The lowest BCUT2D eigenvalue weighted by Gasteiger charge is -2.22. The maximum absolute atomic E-state index is 13.1. The first-order valence-electron chi connectivity index (χ1n) is 10.3. The average Bonchev–Trinajstić information content (AvgIpc) is 2.78. The molecule has 10 heteroatoms. The van der Waals surface area contributed by atoms with Gasteiger partial charge in [-0.25, -0.2) is 9.59 Å². The smallest absolute Gasteiger partial charge is 0.326 e. The fraction of sp³-hybridized carbons (Fsp3) is 0.348. The van der Waals surface area contributed by atoms with Gasteiger partial charge in [0.05, 0.1) is 36.2 Å². The number of benzene rings is 2. The molecule has 0 bridgehead atoms. The number of rotatable bonds is 9. The number of nitrogens with one attached hydrogen (secondary N) is 3. The molecule has 0 aliphatic rings. The number of aryl methyl sites for hydroxylation is 1.